The lowest BCUT2D eigenvalue weighted by Crippen LogP contribution is -2.41. The maximum atomic E-state index is 9.76. The molecule has 1 saturated carbocycles. The monoisotopic (exact) mass is 209 g/mol. The van der Waals surface area contributed by atoms with Crippen molar-refractivity contribution in [1.82, 2.24) is 15.3 Å². The van der Waals surface area contributed by atoms with Crippen LogP contribution in [0, 0.1) is 6.92 Å². The second kappa shape index (κ2) is 4.77. The molecule has 0 spiro atoms. The van der Waals surface area contributed by atoms with Crippen molar-refractivity contribution < 1.29 is 5.11 Å². The highest BCUT2D eigenvalue weighted by molar-refractivity contribution is 5.00. The van der Waals surface area contributed by atoms with E-state index in [2.05, 4.69) is 15.3 Å². The summed E-state index contributed by atoms with van der Waals surface area (Å²) >= 11 is 0. The molecule has 0 saturated heterocycles. The molecule has 0 aromatic carbocycles. The number of H-pyrrole nitrogens is 1. The van der Waals surface area contributed by atoms with Gasteiger partial charge < -0.3 is 15.4 Å². The Morgan fingerprint density at radius 2 is 2.33 bits per heavy atom. The highest BCUT2D eigenvalue weighted by Gasteiger charge is 2.22. The molecule has 0 radical (unpaired) electrons. The minimum Gasteiger partial charge on any atom is -0.392 e. The van der Waals surface area contributed by atoms with Crippen LogP contribution in [0.25, 0.3) is 0 Å². The van der Waals surface area contributed by atoms with Gasteiger partial charge in [-0.25, -0.2) is 4.98 Å². The molecular weight excluding hydrogens is 190 g/mol. The molecule has 0 bridgehead atoms. The Bertz CT molecular complexity index is 311. The average Bonchev–Trinajstić information content (AvgIpc) is 2.63. The topological polar surface area (TPSA) is 60.9 Å². The number of aliphatic hydroxyl groups is 1. The van der Waals surface area contributed by atoms with Gasteiger partial charge in [0.2, 0.25) is 0 Å². The first-order chi connectivity index (χ1) is 7.25. The molecule has 0 unspecified atom stereocenters. The van der Waals surface area contributed by atoms with E-state index in [1.807, 2.05) is 13.1 Å². The van der Waals surface area contributed by atoms with Gasteiger partial charge in [-0.1, -0.05) is 12.8 Å². The number of aromatic amines is 1. The third-order valence-electron chi connectivity index (χ3n) is 3.03. The summed E-state index contributed by atoms with van der Waals surface area (Å²) in [4.78, 5) is 7.37. The Hall–Kier alpha value is -0.870. The zero-order valence-corrected chi connectivity index (χ0v) is 9.16. The van der Waals surface area contributed by atoms with Gasteiger partial charge in [0.05, 0.1) is 11.8 Å². The van der Waals surface area contributed by atoms with E-state index in [9.17, 15) is 5.11 Å². The first-order valence-corrected chi connectivity index (χ1v) is 5.68. The number of aromatic nitrogens is 2. The molecular formula is C11H19N3O. The van der Waals surface area contributed by atoms with E-state index in [0.717, 1.165) is 37.3 Å². The third kappa shape index (κ3) is 2.79. The normalized spacial score (nSPS) is 26.8. The largest absolute Gasteiger partial charge is 0.392 e. The average molecular weight is 209 g/mol. The molecule has 1 heterocycles. The Kier molecular flexibility index (Phi) is 3.38. The van der Waals surface area contributed by atoms with Gasteiger partial charge in [-0.2, -0.15) is 0 Å². The van der Waals surface area contributed by atoms with Gasteiger partial charge in [0.25, 0.3) is 0 Å². The molecule has 1 aromatic heterocycles. The maximum absolute atomic E-state index is 9.76. The summed E-state index contributed by atoms with van der Waals surface area (Å²) in [6.07, 6.45) is 6.10. The van der Waals surface area contributed by atoms with Crippen LogP contribution in [0.15, 0.2) is 6.20 Å². The maximum Gasteiger partial charge on any atom is 0.103 e. The molecule has 0 aliphatic heterocycles. The van der Waals surface area contributed by atoms with Crippen molar-refractivity contribution in [3.63, 3.8) is 0 Å². The Balaban J connectivity index is 1.81. The number of hydrogen-bond acceptors (Lipinski definition) is 3. The van der Waals surface area contributed by atoms with E-state index in [0.29, 0.717) is 0 Å². The molecule has 1 aromatic rings. The van der Waals surface area contributed by atoms with E-state index in [-0.39, 0.29) is 12.1 Å². The van der Waals surface area contributed by atoms with E-state index in [4.69, 9.17) is 0 Å². The smallest absolute Gasteiger partial charge is 0.103 e. The number of nitrogens with zero attached hydrogens (tertiary/aromatic N) is 1. The van der Waals surface area contributed by atoms with Crippen molar-refractivity contribution in [1.29, 1.82) is 0 Å². The molecule has 0 amide bonds. The van der Waals surface area contributed by atoms with E-state index in [1.54, 1.807) is 0 Å². The van der Waals surface area contributed by atoms with Crippen LogP contribution in [0.2, 0.25) is 0 Å². The van der Waals surface area contributed by atoms with Gasteiger partial charge in [-0.05, 0) is 19.8 Å². The quantitative estimate of drug-likeness (QED) is 0.699. The summed E-state index contributed by atoms with van der Waals surface area (Å²) in [6.45, 7) is 2.69. The number of rotatable bonds is 3. The van der Waals surface area contributed by atoms with Crippen molar-refractivity contribution in [2.24, 2.45) is 0 Å². The van der Waals surface area contributed by atoms with Crippen LogP contribution < -0.4 is 5.32 Å². The number of imidazole rings is 1. The van der Waals surface area contributed by atoms with E-state index in [1.165, 1.54) is 6.42 Å². The second-order valence-corrected chi connectivity index (χ2v) is 4.32. The van der Waals surface area contributed by atoms with Gasteiger partial charge in [-0.3, -0.25) is 0 Å². The highest BCUT2D eigenvalue weighted by atomic mass is 16.3. The number of aliphatic hydroxyl groups excluding tert-OH is 1. The molecule has 84 valence electrons. The van der Waals surface area contributed by atoms with Crippen molar-refractivity contribution in [3.05, 3.63) is 17.7 Å². The Morgan fingerprint density at radius 3 is 3.00 bits per heavy atom. The van der Waals surface area contributed by atoms with Gasteiger partial charge in [0.1, 0.15) is 5.82 Å². The highest BCUT2D eigenvalue weighted by Crippen LogP contribution is 2.18. The molecule has 1 aliphatic rings. The molecule has 2 rings (SSSR count). The predicted octanol–water partition coefficient (Wildman–Crippen LogP) is 1.11. The molecule has 1 aliphatic carbocycles. The Labute approximate surface area is 90.1 Å². The summed E-state index contributed by atoms with van der Waals surface area (Å²) in [7, 11) is 0. The minimum absolute atomic E-state index is 0.182. The number of hydrogen-bond donors (Lipinski definition) is 3. The molecule has 15 heavy (non-hydrogen) atoms. The van der Waals surface area contributed by atoms with E-state index < -0.39 is 0 Å². The molecule has 4 nitrogen and oxygen atoms in total. The van der Waals surface area contributed by atoms with Crippen LogP contribution in [0.5, 0.6) is 0 Å². The zero-order chi connectivity index (χ0) is 10.7. The summed E-state index contributed by atoms with van der Waals surface area (Å²) in [5, 5.41) is 13.1. The lowest BCUT2D eigenvalue weighted by atomic mass is 9.92. The summed E-state index contributed by atoms with van der Waals surface area (Å²) in [5.74, 6) is 0.941. The van der Waals surface area contributed by atoms with Gasteiger partial charge in [-0.15, -0.1) is 0 Å². The van der Waals surface area contributed by atoms with Gasteiger partial charge >= 0.3 is 0 Å². The Morgan fingerprint density at radius 1 is 1.53 bits per heavy atom. The lowest BCUT2D eigenvalue weighted by Gasteiger charge is -2.28. The predicted molar refractivity (Wildman–Crippen MR) is 58.4 cm³/mol. The van der Waals surface area contributed by atoms with Crippen molar-refractivity contribution in [3.8, 4) is 0 Å². The SMILES string of the molecule is Cc1nc(CN[C@H]2CCCC[C@@H]2O)c[nH]1. The first-order valence-electron chi connectivity index (χ1n) is 5.68. The van der Waals surface area contributed by atoms with Crippen molar-refractivity contribution in [2.45, 2.75) is 51.3 Å². The lowest BCUT2D eigenvalue weighted by molar-refractivity contribution is 0.0901. The minimum atomic E-state index is -0.182. The second-order valence-electron chi connectivity index (χ2n) is 4.32. The van der Waals surface area contributed by atoms with E-state index >= 15 is 0 Å². The zero-order valence-electron chi connectivity index (χ0n) is 9.16. The fraction of sp³-hybridized carbons (Fsp3) is 0.727. The van der Waals surface area contributed by atoms with Crippen LogP contribution in [-0.2, 0) is 6.54 Å². The fourth-order valence-corrected chi connectivity index (χ4v) is 2.14. The summed E-state index contributed by atoms with van der Waals surface area (Å²) in [6, 6.07) is 0.246. The van der Waals surface area contributed by atoms with Crippen molar-refractivity contribution >= 4 is 0 Å². The fourth-order valence-electron chi connectivity index (χ4n) is 2.14. The number of nitrogens with one attached hydrogen (secondary N) is 2. The summed E-state index contributed by atoms with van der Waals surface area (Å²) < 4.78 is 0. The number of aryl methyl sites for hydroxylation is 1. The van der Waals surface area contributed by atoms with Gasteiger partial charge in [0.15, 0.2) is 0 Å². The van der Waals surface area contributed by atoms with Crippen molar-refractivity contribution in [2.75, 3.05) is 0 Å². The molecule has 3 N–H and O–H groups in total. The van der Waals surface area contributed by atoms with Crippen LogP contribution in [0.4, 0.5) is 0 Å². The van der Waals surface area contributed by atoms with Crippen LogP contribution in [-0.4, -0.2) is 27.2 Å². The summed E-state index contributed by atoms with van der Waals surface area (Å²) in [5.41, 5.74) is 1.02. The molecule has 1 fully saturated rings. The van der Waals surface area contributed by atoms with Crippen LogP contribution in [0.3, 0.4) is 0 Å². The standard InChI is InChI=1S/C11H19N3O/c1-8-12-6-9(14-8)7-13-10-4-2-3-5-11(10)15/h6,10-11,13,15H,2-5,7H2,1H3,(H,12,14)/t10-,11-/m0/s1. The first kappa shape index (κ1) is 10.6. The van der Waals surface area contributed by atoms with Gasteiger partial charge in [0, 0.05) is 18.8 Å². The molecule has 2 atom stereocenters. The van der Waals surface area contributed by atoms with Crippen LogP contribution >= 0.6 is 0 Å². The third-order valence-corrected chi connectivity index (χ3v) is 3.03. The molecule has 4 heteroatoms. The van der Waals surface area contributed by atoms with Crippen LogP contribution in [0.1, 0.15) is 37.2 Å².